The molecule has 0 aliphatic rings. The van der Waals surface area contributed by atoms with Crippen LogP contribution in [0.1, 0.15) is 50.3 Å². The molecule has 0 heterocycles. The molecule has 4 heteroatoms. The number of ether oxygens (including phenoxy) is 1. The Morgan fingerprint density at radius 1 is 0.792 bits per heavy atom. The largest absolute Gasteiger partial charge is 0.497 e. The first-order valence-electron chi connectivity index (χ1n) is 8.02. The molecular weight excluding hydrogens is 313 g/mol. The number of methoxy groups -OCH3 is 1. The molecule has 0 saturated heterocycles. The molecule has 2 rings (SSSR count). The molecule has 1 nitrogen and oxygen atoms in total. The maximum absolute atomic E-state index is 13.0. The highest BCUT2D eigenvalue weighted by atomic mass is 19.1. The van der Waals surface area contributed by atoms with Gasteiger partial charge in [0.2, 0.25) is 0 Å². The Balaban J connectivity index is 0.000000405. The Kier molecular flexibility index (Phi) is 9.86. The lowest BCUT2D eigenvalue weighted by Gasteiger charge is -2.08. The predicted molar refractivity (Wildman–Crippen MR) is 94.2 cm³/mol. The van der Waals surface area contributed by atoms with Crippen molar-refractivity contribution >= 4 is 0 Å². The summed E-state index contributed by atoms with van der Waals surface area (Å²) >= 11 is 0. The van der Waals surface area contributed by atoms with Crippen molar-refractivity contribution in [2.45, 2.75) is 47.5 Å². The van der Waals surface area contributed by atoms with Gasteiger partial charge in [-0.3, -0.25) is 0 Å². The van der Waals surface area contributed by atoms with Gasteiger partial charge in [0.25, 0.3) is 0 Å². The normalized spacial score (nSPS) is 9.62. The Hall–Kier alpha value is -1.97. The lowest BCUT2D eigenvalue weighted by Crippen LogP contribution is -1.96. The van der Waals surface area contributed by atoms with Crippen LogP contribution in [0.2, 0.25) is 0 Å². The molecule has 0 saturated carbocycles. The van der Waals surface area contributed by atoms with Crippen molar-refractivity contribution in [3.05, 3.63) is 64.5 Å². The van der Waals surface area contributed by atoms with E-state index in [-0.39, 0.29) is 11.7 Å². The lowest BCUT2D eigenvalue weighted by molar-refractivity contribution is 0.411. The highest BCUT2D eigenvalue weighted by molar-refractivity contribution is 5.28. The zero-order valence-corrected chi connectivity index (χ0v) is 15.5. The lowest BCUT2D eigenvalue weighted by atomic mass is 10.0. The van der Waals surface area contributed by atoms with Gasteiger partial charge >= 0.3 is 0 Å². The molecule has 0 aliphatic heterocycles. The number of benzene rings is 2. The minimum absolute atomic E-state index is 0.101. The molecular formula is C20H27F3O. The summed E-state index contributed by atoms with van der Waals surface area (Å²) in [4.78, 5) is 0. The Morgan fingerprint density at radius 3 is 1.79 bits per heavy atom. The highest BCUT2D eigenvalue weighted by Crippen LogP contribution is 2.21. The maximum Gasteiger partial charge on any atom is 0.129 e. The van der Waals surface area contributed by atoms with Crippen LogP contribution in [0, 0.1) is 31.3 Å². The van der Waals surface area contributed by atoms with E-state index < -0.39 is 11.6 Å². The maximum atomic E-state index is 13.0. The number of aryl methyl sites for hydroxylation is 2. The molecule has 0 atom stereocenters. The average molecular weight is 340 g/mol. The molecule has 0 spiro atoms. The summed E-state index contributed by atoms with van der Waals surface area (Å²) in [6.45, 7) is 11.1. The molecule has 0 fully saturated rings. The van der Waals surface area contributed by atoms with Crippen LogP contribution in [0.25, 0.3) is 0 Å². The average Bonchev–Trinajstić information content (AvgIpc) is 2.55. The summed E-state index contributed by atoms with van der Waals surface area (Å²) in [6.07, 6.45) is 0. The van der Waals surface area contributed by atoms with Crippen LogP contribution in [-0.4, -0.2) is 7.11 Å². The molecule has 0 unspecified atom stereocenters. The SMILES string of the molecule is CC.COc1ccc(C)c(F)c1.Cc1cc(C(C)C)c(F)cc1F. The molecule has 2 aromatic carbocycles. The summed E-state index contributed by atoms with van der Waals surface area (Å²) in [5.74, 6) is -0.489. The van der Waals surface area contributed by atoms with Crippen molar-refractivity contribution in [1.29, 1.82) is 0 Å². The molecule has 0 aromatic heterocycles. The van der Waals surface area contributed by atoms with Gasteiger partial charge in [0, 0.05) is 12.1 Å². The topological polar surface area (TPSA) is 9.23 Å². The zero-order valence-electron chi connectivity index (χ0n) is 15.5. The minimum Gasteiger partial charge on any atom is -0.497 e. The van der Waals surface area contributed by atoms with Crippen molar-refractivity contribution in [2.75, 3.05) is 7.11 Å². The first-order chi connectivity index (χ1) is 11.3. The van der Waals surface area contributed by atoms with E-state index >= 15 is 0 Å². The number of halogens is 3. The van der Waals surface area contributed by atoms with Crippen molar-refractivity contribution in [3.8, 4) is 5.75 Å². The second-order valence-electron chi connectivity index (χ2n) is 5.39. The van der Waals surface area contributed by atoms with E-state index in [1.807, 2.05) is 27.7 Å². The van der Waals surface area contributed by atoms with Crippen LogP contribution in [0.15, 0.2) is 30.3 Å². The standard InChI is InChI=1S/C10H12F2.C8H9FO.C2H6/c1-6(2)8-4-7(3)9(11)5-10(8)12;1-6-3-4-7(10-2)5-8(6)9;1-2/h4-6H,1-3H3;3-5H,1-2H3;1-2H3. The number of rotatable bonds is 2. The molecule has 24 heavy (non-hydrogen) atoms. The predicted octanol–water partition coefficient (Wildman–Crippen LogP) is 6.57. The third kappa shape index (κ3) is 6.65. The van der Waals surface area contributed by atoms with Gasteiger partial charge in [-0.2, -0.15) is 0 Å². The fraction of sp³-hybridized carbons (Fsp3) is 0.400. The Labute approximate surface area is 143 Å². The monoisotopic (exact) mass is 340 g/mol. The molecule has 2 aromatic rings. The third-order valence-corrected chi connectivity index (χ3v) is 3.28. The van der Waals surface area contributed by atoms with E-state index in [4.69, 9.17) is 4.74 Å². The quantitative estimate of drug-likeness (QED) is 0.601. The molecule has 0 radical (unpaired) electrons. The van der Waals surface area contributed by atoms with Gasteiger partial charge in [-0.25, -0.2) is 13.2 Å². The van der Waals surface area contributed by atoms with E-state index in [0.29, 0.717) is 22.4 Å². The summed E-state index contributed by atoms with van der Waals surface area (Å²) in [6, 6.07) is 7.31. The third-order valence-electron chi connectivity index (χ3n) is 3.28. The summed E-state index contributed by atoms with van der Waals surface area (Å²) < 4.78 is 43.3. The molecule has 0 aliphatic carbocycles. The number of hydrogen-bond donors (Lipinski definition) is 0. The second kappa shape index (κ2) is 10.7. The molecule has 134 valence electrons. The van der Waals surface area contributed by atoms with Crippen LogP contribution in [0.3, 0.4) is 0 Å². The van der Waals surface area contributed by atoms with Gasteiger partial charge in [0.1, 0.15) is 23.2 Å². The van der Waals surface area contributed by atoms with Gasteiger partial charge < -0.3 is 4.74 Å². The molecule has 0 bridgehead atoms. The van der Waals surface area contributed by atoms with Crippen LogP contribution < -0.4 is 4.74 Å². The van der Waals surface area contributed by atoms with E-state index in [2.05, 4.69) is 0 Å². The van der Waals surface area contributed by atoms with Crippen LogP contribution >= 0.6 is 0 Å². The van der Waals surface area contributed by atoms with E-state index in [1.165, 1.54) is 13.2 Å². The van der Waals surface area contributed by atoms with Crippen molar-refractivity contribution in [3.63, 3.8) is 0 Å². The zero-order chi connectivity index (χ0) is 18.9. The van der Waals surface area contributed by atoms with E-state index in [1.54, 1.807) is 32.0 Å². The first kappa shape index (κ1) is 22.0. The number of hydrogen-bond acceptors (Lipinski definition) is 1. The van der Waals surface area contributed by atoms with Gasteiger partial charge in [-0.15, -0.1) is 0 Å². The van der Waals surface area contributed by atoms with E-state index in [9.17, 15) is 13.2 Å². The molecule has 0 amide bonds. The fourth-order valence-corrected chi connectivity index (χ4v) is 1.82. The first-order valence-corrected chi connectivity index (χ1v) is 8.02. The second-order valence-corrected chi connectivity index (χ2v) is 5.39. The van der Waals surface area contributed by atoms with Crippen molar-refractivity contribution < 1.29 is 17.9 Å². The van der Waals surface area contributed by atoms with Crippen LogP contribution in [-0.2, 0) is 0 Å². The smallest absolute Gasteiger partial charge is 0.129 e. The Bertz CT molecular complexity index is 637. The summed E-state index contributed by atoms with van der Waals surface area (Å²) in [7, 11) is 1.52. The van der Waals surface area contributed by atoms with Gasteiger partial charge in [-0.1, -0.05) is 39.8 Å². The highest BCUT2D eigenvalue weighted by Gasteiger charge is 2.09. The van der Waals surface area contributed by atoms with Gasteiger partial charge in [-0.05, 0) is 42.5 Å². The fourth-order valence-electron chi connectivity index (χ4n) is 1.82. The van der Waals surface area contributed by atoms with Gasteiger partial charge in [0.15, 0.2) is 0 Å². The van der Waals surface area contributed by atoms with Crippen molar-refractivity contribution in [1.82, 2.24) is 0 Å². The van der Waals surface area contributed by atoms with Crippen molar-refractivity contribution in [2.24, 2.45) is 0 Å². The minimum atomic E-state index is -0.475. The summed E-state index contributed by atoms with van der Waals surface area (Å²) in [5.41, 5.74) is 1.72. The van der Waals surface area contributed by atoms with Gasteiger partial charge in [0.05, 0.1) is 7.11 Å². The Morgan fingerprint density at radius 2 is 1.33 bits per heavy atom. The van der Waals surface area contributed by atoms with Crippen LogP contribution in [0.5, 0.6) is 5.75 Å². The van der Waals surface area contributed by atoms with E-state index in [0.717, 1.165) is 6.07 Å². The molecule has 0 N–H and O–H groups in total. The summed E-state index contributed by atoms with van der Waals surface area (Å²) in [5, 5.41) is 0. The van der Waals surface area contributed by atoms with Crippen LogP contribution in [0.4, 0.5) is 13.2 Å².